The topological polar surface area (TPSA) is 67.8 Å². The number of nitrogens with zero attached hydrogens (tertiary/aromatic N) is 1. The van der Waals surface area contributed by atoms with Crippen LogP contribution < -0.4 is 10.6 Å². The Morgan fingerprint density at radius 3 is 2.24 bits per heavy atom. The third-order valence-corrected chi connectivity index (χ3v) is 3.43. The number of phenols is 1. The van der Waals surface area contributed by atoms with E-state index in [1.54, 1.807) is 12.1 Å². The van der Waals surface area contributed by atoms with Crippen molar-refractivity contribution in [2.45, 2.75) is 6.61 Å². The minimum Gasteiger partial charge on any atom is -0.507 e. The smallest absolute Gasteiger partial charge is 0.124 e. The predicted octanol–water partition coefficient (Wildman–Crippen LogP) is 4.60. The van der Waals surface area contributed by atoms with Crippen molar-refractivity contribution in [3.8, 4) is 11.5 Å². The van der Waals surface area contributed by atoms with Crippen molar-refractivity contribution < 1.29 is 9.84 Å². The largest absolute Gasteiger partial charge is 0.507 e. The van der Waals surface area contributed by atoms with Crippen LogP contribution in [-0.2, 0) is 6.61 Å². The summed E-state index contributed by atoms with van der Waals surface area (Å²) in [4.78, 5) is 0. The van der Waals surface area contributed by atoms with Gasteiger partial charge >= 0.3 is 0 Å². The van der Waals surface area contributed by atoms with Gasteiger partial charge in [0, 0.05) is 10.6 Å². The van der Waals surface area contributed by atoms with Crippen molar-refractivity contribution in [3.63, 3.8) is 0 Å². The molecule has 0 saturated heterocycles. The molecule has 0 spiro atoms. The Labute approximate surface area is 152 Å². The van der Waals surface area contributed by atoms with Gasteiger partial charge in [0.1, 0.15) is 18.1 Å². The SMILES string of the molecule is N/N=C/c1cc(Cl)ccc1O.c1ccc(COc2ccccc2)cc1. The Kier molecular flexibility index (Phi) is 7.35. The zero-order chi connectivity index (χ0) is 17.9. The van der Waals surface area contributed by atoms with Gasteiger partial charge in [-0.05, 0) is 35.9 Å². The molecule has 0 radical (unpaired) electrons. The first-order valence-electron chi connectivity index (χ1n) is 7.62. The summed E-state index contributed by atoms with van der Waals surface area (Å²) in [6.45, 7) is 0.630. The number of aromatic hydroxyl groups is 1. The number of halogens is 1. The van der Waals surface area contributed by atoms with Crippen LogP contribution in [0.4, 0.5) is 0 Å². The van der Waals surface area contributed by atoms with E-state index in [0.29, 0.717) is 17.2 Å². The van der Waals surface area contributed by atoms with Crippen LogP contribution in [0.2, 0.25) is 5.02 Å². The molecule has 3 N–H and O–H groups in total. The summed E-state index contributed by atoms with van der Waals surface area (Å²) in [7, 11) is 0. The first kappa shape index (κ1) is 18.4. The first-order chi connectivity index (χ1) is 12.2. The first-order valence-corrected chi connectivity index (χ1v) is 8.00. The highest BCUT2D eigenvalue weighted by Crippen LogP contribution is 2.19. The van der Waals surface area contributed by atoms with Gasteiger partial charge in [0.15, 0.2) is 0 Å². The molecule has 0 aliphatic carbocycles. The van der Waals surface area contributed by atoms with Crippen LogP contribution in [0.1, 0.15) is 11.1 Å². The molecule has 3 aromatic rings. The number of nitrogens with two attached hydrogens (primary N) is 1. The molecule has 25 heavy (non-hydrogen) atoms. The summed E-state index contributed by atoms with van der Waals surface area (Å²) in [5.74, 6) is 5.92. The summed E-state index contributed by atoms with van der Waals surface area (Å²) >= 11 is 5.64. The summed E-state index contributed by atoms with van der Waals surface area (Å²) in [6.07, 6.45) is 1.33. The van der Waals surface area contributed by atoms with E-state index in [1.165, 1.54) is 17.8 Å². The van der Waals surface area contributed by atoms with Gasteiger partial charge in [0.05, 0.1) is 6.21 Å². The van der Waals surface area contributed by atoms with Crippen molar-refractivity contribution >= 4 is 17.8 Å². The average molecular weight is 355 g/mol. The molecule has 0 saturated carbocycles. The lowest BCUT2D eigenvalue weighted by atomic mass is 10.2. The lowest BCUT2D eigenvalue weighted by molar-refractivity contribution is 0.306. The second kappa shape index (κ2) is 10.0. The number of hydrazone groups is 1. The van der Waals surface area contributed by atoms with Crippen molar-refractivity contribution in [1.82, 2.24) is 0 Å². The van der Waals surface area contributed by atoms with E-state index in [9.17, 15) is 0 Å². The standard InChI is InChI=1S/C13H12O.C7H7ClN2O/c1-3-7-12(8-4-1)11-14-13-9-5-2-6-10-13;8-6-1-2-7(11)5(3-6)4-10-9/h1-10H,11H2;1-4,11H,9H2/b;10-4+. The molecule has 0 bridgehead atoms. The fraction of sp³-hybridized carbons (Fsp3) is 0.0500. The van der Waals surface area contributed by atoms with Gasteiger partial charge in [-0.3, -0.25) is 0 Å². The van der Waals surface area contributed by atoms with E-state index < -0.39 is 0 Å². The maximum Gasteiger partial charge on any atom is 0.124 e. The Balaban J connectivity index is 0.000000186. The molecule has 5 heteroatoms. The molecule has 128 valence electrons. The second-order valence-corrected chi connectivity index (χ2v) is 5.51. The van der Waals surface area contributed by atoms with E-state index in [0.717, 1.165) is 5.75 Å². The molecule has 3 rings (SSSR count). The van der Waals surface area contributed by atoms with Gasteiger partial charge < -0.3 is 15.7 Å². The molecule has 0 aromatic heterocycles. The van der Waals surface area contributed by atoms with E-state index in [-0.39, 0.29) is 5.75 Å². The zero-order valence-electron chi connectivity index (χ0n) is 13.5. The minimum atomic E-state index is 0.114. The maximum absolute atomic E-state index is 9.16. The molecule has 3 aromatic carbocycles. The maximum atomic E-state index is 9.16. The number of ether oxygens (including phenoxy) is 1. The van der Waals surface area contributed by atoms with Crippen LogP contribution >= 0.6 is 11.6 Å². The van der Waals surface area contributed by atoms with Crippen LogP contribution in [0.5, 0.6) is 11.5 Å². The fourth-order valence-corrected chi connectivity index (χ4v) is 2.15. The van der Waals surface area contributed by atoms with E-state index in [1.807, 2.05) is 48.5 Å². The van der Waals surface area contributed by atoms with E-state index in [4.69, 9.17) is 27.3 Å². The quantitative estimate of drug-likeness (QED) is 0.408. The fourth-order valence-electron chi connectivity index (χ4n) is 1.97. The van der Waals surface area contributed by atoms with Gasteiger partial charge in [-0.25, -0.2) is 0 Å². The van der Waals surface area contributed by atoms with Crippen LogP contribution in [0.3, 0.4) is 0 Å². The van der Waals surface area contributed by atoms with E-state index in [2.05, 4.69) is 17.2 Å². The minimum absolute atomic E-state index is 0.114. The average Bonchev–Trinajstić information content (AvgIpc) is 2.66. The van der Waals surface area contributed by atoms with Crippen LogP contribution in [0, 0.1) is 0 Å². The second-order valence-electron chi connectivity index (χ2n) is 5.07. The molecule has 4 nitrogen and oxygen atoms in total. The molecule has 0 aliphatic rings. The molecular formula is C20H19ClN2O2. The number of phenolic OH excluding ortho intramolecular Hbond substituents is 1. The molecule has 0 aliphatic heterocycles. The number of para-hydroxylation sites is 1. The molecule has 0 atom stereocenters. The van der Waals surface area contributed by atoms with Crippen LogP contribution in [0.25, 0.3) is 0 Å². The van der Waals surface area contributed by atoms with Crippen molar-refractivity contribution in [3.05, 3.63) is 95.0 Å². The third kappa shape index (κ3) is 6.57. The summed E-state index contributed by atoms with van der Waals surface area (Å²) in [5, 5.41) is 13.0. The molecule has 0 unspecified atom stereocenters. The van der Waals surface area contributed by atoms with Crippen molar-refractivity contribution in [2.24, 2.45) is 10.9 Å². The Morgan fingerprint density at radius 2 is 1.60 bits per heavy atom. The summed E-state index contributed by atoms with van der Waals surface area (Å²) in [5.41, 5.74) is 1.70. The Hall–Kier alpha value is -2.98. The zero-order valence-corrected chi connectivity index (χ0v) is 14.3. The molecule has 0 amide bonds. The number of benzene rings is 3. The van der Waals surface area contributed by atoms with Gasteiger partial charge in [-0.15, -0.1) is 0 Å². The Bertz CT molecular complexity index is 754. The normalized spacial score (nSPS) is 10.1. The third-order valence-electron chi connectivity index (χ3n) is 3.19. The van der Waals surface area contributed by atoms with Crippen molar-refractivity contribution in [2.75, 3.05) is 0 Å². The molecular weight excluding hydrogens is 336 g/mol. The highest BCUT2D eigenvalue weighted by Gasteiger charge is 1.97. The van der Waals surface area contributed by atoms with Gasteiger partial charge in [-0.1, -0.05) is 60.1 Å². The predicted molar refractivity (Wildman–Crippen MR) is 102 cm³/mol. The number of hydrogen-bond donors (Lipinski definition) is 2. The van der Waals surface area contributed by atoms with Crippen LogP contribution in [-0.4, -0.2) is 11.3 Å². The highest BCUT2D eigenvalue weighted by atomic mass is 35.5. The van der Waals surface area contributed by atoms with E-state index >= 15 is 0 Å². The van der Waals surface area contributed by atoms with Gasteiger partial charge in [-0.2, -0.15) is 5.10 Å². The summed E-state index contributed by atoms with van der Waals surface area (Å²) < 4.78 is 5.59. The molecule has 0 fully saturated rings. The van der Waals surface area contributed by atoms with Gasteiger partial charge in [0.25, 0.3) is 0 Å². The Morgan fingerprint density at radius 1 is 0.960 bits per heavy atom. The summed E-state index contributed by atoms with van der Waals surface area (Å²) in [6, 6.07) is 24.7. The van der Waals surface area contributed by atoms with Crippen molar-refractivity contribution in [1.29, 1.82) is 0 Å². The molecule has 0 heterocycles. The van der Waals surface area contributed by atoms with Crippen LogP contribution in [0.15, 0.2) is 84.0 Å². The number of hydrogen-bond acceptors (Lipinski definition) is 4. The lowest BCUT2D eigenvalue weighted by Gasteiger charge is -2.05. The highest BCUT2D eigenvalue weighted by molar-refractivity contribution is 6.30. The lowest BCUT2D eigenvalue weighted by Crippen LogP contribution is -1.94. The number of rotatable bonds is 4. The van der Waals surface area contributed by atoms with Gasteiger partial charge in [0.2, 0.25) is 0 Å². The monoisotopic (exact) mass is 354 g/mol.